The third-order valence-corrected chi connectivity index (χ3v) is 3.11. The first-order valence-corrected chi connectivity index (χ1v) is 6.31. The van der Waals surface area contributed by atoms with E-state index in [9.17, 15) is 5.11 Å². The summed E-state index contributed by atoms with van der Waals surface area (Å²) in [6.07, 6.45) is 2.00. The zero-order valence-electron chi connectivity index (χ0n) is 10.1. The van der Waals surface area contributed by atoms with E-state index < -0.39 is 0 Å². The van der Waals surface area contributed by atoms with Crippen LogP contribution in [-0.4, -0.2) is 23.4 Å². The van der Waals surface area contributed by atoms with Gasteiger partial charge < -0.3 is 15.5 Å². The Morgan fingerprint density at radius 3 is 2.82 bits per heavy atom. The van der Waals surface area contributed by atoms with E-state index in [1.54, 1.807) is 18.2 Å². The van der Waals surface area contributed by atoms with Crippen molar-refractivity contribution in [3.8, 4) is 5.75 Å². The van der Waals surface area contributed by atoms with Gasteiger partial charge in [0, 0.05) is 23.7 Å². The van der Waals surface area contributed by atoms with Crippen LogP contribution in [0.25, 0.3) is 0 Å². The molecule has 3 nitrogen and oxygen atoms in total. The van der Waals surface area contributed by atoms with Crippen molar-refractivity contribution in [3.05, 3.63) is 28.8 Å². The van der Waals surface area contributed by atoms with Gasteiger partial charge in [-0.1, -0.05) is 24.6 Å². The molecule has 0 spiro atoms. The molecule has 17 heavy (non-hydrogen) atoms. The lowest BCUT2D eigenvalue weighted by Crippen LogP contribution is -2.16. The van der Waals surface area contributed by atoms with Crippen molar-refractivity contribution in [1.82, 2.24) is 5.32 Å². The van der Waals surface area contributed by atoms with Gasteiger partial charge in [-0.15, -0.1) is 0 Å². The molecule has 1 aromatic rings. The maximum absolute atomic E-state index is 9.62. The number of hydrogen-bond acceptors (Lipinski definition) is 3. The Kier molecular flexibility index (Phi) is 6.34. The molecule has 0 saturated heterocycles. The van der Waals surface area contributed by atoms with E-state index in [1.807, 2.05) is 6.92 Å². The van der Waals surface area contributed by atoms with Crippen LogP contribution in [-0.2, 0) is 6.54 Å². The molecular formula is C13H20ClNO2. The second-order valence-electron chi connectivity index (χ2n) is 4.34. The molecule has 0 amide bonds. The number of aliphatic hydroxyl groups is 1. The predicted molar refractivity (Wildman–Crippen MR) is 70.3 cm³/mol. The summed E-state index contributed by atoms with van der Waals surface area (Å²) in [6.45, 7) is 3.69. The molecule has 96 valence electrons. The van der Waals surface area contributed by atoms with Crippen molar-refractivity contribution in [3.63, 3.8) is 0 Å². The van der Waals surface area contributed by atoms with Gasteiger partial charge in [-0.3, -0.25) is 0 Å². The Morgan fingerprint density at radius 1 is 1.41 bits per heavy atom. The highest BCUT2D eigenvalue weighted by Gasteiger charge is 2.05. The van der Waals surface area contributed by atoms with Gasteiger partial charge in [-0.2, -0.15) is 0 Å². The van der Waals surface area contributed by atoms with Crippen LogP contribution >= 0.6 is 11.6 Å². The van der Waals surface area contributed by atoms with E-state index in [-0.39, 0.29) is 12.4 Å². The Balaban J connectivity index is 2.27. The topological polar surface area (TPSA) is 52.5 Å². The number of aliphatic hydroxyl groups excluding tert-OH is 1. The number of phenolic OH excluding ortho intramolecular Hbond substituents is 1. The van der Waals surface area contributed by atoms with Crippen molar-refractivity contribution in [1.29, 1.82) is 0 Å². The molecule has 0 aliphatic carbocycles. The molecule has 0 aliphatic heterocycles. The summed E-state index contributed by atoms with van der Waals surface area (Å²) in [5.41, 5.74) is 0.740. The third-order valence-electron chi connectivity index (χ3n) is 2.76. The first kappa shape index (κ1) is 14.3. The number of halogens is 1. The van der Waals surface area contributed by atoms with E-state index >= 15 is 0 Å². The number of nitrogens with one attached hydrogen (secondary N) is 1. The summed E-state index contributed by atoms with van der Waals surface area (Å²) in [5.74, 6) is 0.583. The standard InChI is InChI=1S/C13H20ClNO2/c1-10(9-16)4-3-7-15-8-11-12(14)5-2-6-13(11)17/h2,5-6,10,15-17H,3-4,7-9H2,1H3. The SMILES string of the molecule is CC(CO)CCCNCc1c(O)cccc1Cl. The molecule has 0 heterocycles. The summed E-state index contributed by atoms with van der Waals surface area (Å²) < 4.78 is 0. The van der Waals surface area contributed by atoms with Crippen LogP contribution in [0, 0.1) is 5.92 Å². The van der Waals surface area contributed by atoms with Crippen LogP contribution in [0.5, 0.6) is 5.75 Å². The molecule has 0 radical (unpaired) electrons. The van der Waals surface area contributed by atoms with E-state index in [0.29, 0.717) is 17.5 Å². The highest BCUT2D eigenvalue weighted by molar-refractivity contribution is 6.31. The molecule has 1 atom stereocenters. The Hall–Kier alpha value is -0.770. The number of benzene rings is 1. The van der Waals surface area contributed by atoms with Crippen molar-refractivity contribution < 1.29 is 10.2 Å². The summed E-state index contributed by atoms with van der Waals surface area (Å²) in [7, 11) is 0. The molecule has 0 saturated carbocycles. The maximum atomic E-state index is 9.62. The Labute approximate surface area is 107 Å². The summed E-state index contributed by atoms with van der Waals surface area (Å²) in [6, 6.07) is 5.13. The molecule has 1 aromatic carbocycles. The van der Waals surface area contributed by atoms with Crippen LogP contribution < -0.4 is 5.32 Å². The fourth-order valence-electron chi connectivity index (χ4n) is 1.60. The van der Waals surface area contributed by atoms with Gasteiger partial charge in [0.1, 0.15) is 5.75 Å². The van der Waals surface area contributed by atoms with Gasteiger partial charge >= 0.3 is 0 Å². The van der Waals surface area contributed by atoms with Gasteiger partial charge in [0.15, 0.2) is 0 Å². The first-order valence-electron chi connectivity index (χ1n) is 5.93. The molecule has 0 aliphatic rings. The second-order valence-corrected chi connectivity index (χ2v) is 4.75. The number of hydrogen-bond donors (Lipinski definition) is 3. The van der Waals surface area contributed by atoms with Crippen molar-refractivity contribution >= 4 is 11.6 Å². The van der Waals surface area contributed by atoms with Crippen molar-refractivity contribution in [2.45, 2.75) is 26.3 Å². The van der Waals surface area contributed by atoms with E-state index in [1.165, 1.54) is 0 Å². The molecule has 4 heteroatoms. The lowest BCUT2D eigenvalue weighted by Gasteiger charge is -2.10. The van der Waals surface area contributed by atoms with Crippen LogP contribution in [0.4, 0.5) is 0 Å². The summed E-state index contributed by atoms with van der Waals surface area (Å²) in [5, 5.41) is 22.3. The lowest BCUT2D eigenvalue weighted by molar-refractivity contribution is 0.228. The average molecular weight is 258 g/mol. The van der Waals surface area contributed by atoms with Gasteiger partial charge in [-0.05, 0) is 37.4 Å². The molecule has 0 fully saturated rings. The first-order chi connectivity index (χ1) is 8.15. The maximum Gasteiger partial charge on any atom is 0.121 e. The average Bonchev–Trinajstić information content (AvgIpc) is 2.31. The Morgan fingerprint density at radius 2 is 2.18 bits per heavy atom. The van der Waals surface area contributed by atoms with Crippen LogP contribution in [0.15, 0.2) is 18.2 Å². The normalized spacial score (nSPS) is 12.6. The molecular weight excluding hydrogens is 238 g/mol. The summed E-state index contributed by atoms with van der Waals surface area (Å²) >= 11 is 5.98. The number of phenols is 1. The van der Waals surface area contributed by atoms with Gasteiger partial charge in [0.05, 0.1) is 0 Å². The number of rotatable bonds is 7. The quantitative estimate of drug-likeness (QED) is 0.658. The molecule has 3 N–H and O–H groups in total. The van der Waals surface area contributed by atoms with E-state index in [2.05, 4.69) is 5.32 Å². The van der Waals surface area contributed by atoms with E-state index in [0.717, 1.165) is 24.9 Å². The van der Waals surface area contributed by atoms with Gasteiger partial charge in [0.25, 0.3) is 0 Å². The predicted octanol–water partition coefficient (Wildman–Crippen LogP) is 2.54. The third kappa shape index (κ3) is 4.94. The van der Waals surface area contributed by atoms with Gasteiger partial charge in [0.2, 0.25) is 0 Å². The van der Waals surface area contributed by atoms with Crippen LogP contribution in [0.1, 0.15) is 25.3 Å². The van der Waals surface area contributed by atoms with Gasteiger partial charge in [-0.25, -0.2) is 0 Å². The minimum absolute atomic E-state index is 0.230. The second kappa shape index (κ2) is 7.54. The zero-order chi connectivity index (χ0) is 12.7. The smallest absolute Gasteiger partial charge is 0.121 e. The van der Waals surface area contributed by atoms with Crippen LogP contribution in [0.3, 0.4) is 0 Å². The van der Waals surface area contributed by atoms with Crippen molar-refractivity contribution in [2.24, 2.45) is 5.92 Å². The molecule has 1 rings (SSSR count). The minimum atomic E-state index is 0.230. The fraction of sp³-hybridized carbons (Fsp3) is 0.538. The zero-order valence-corrected chi connectivity index (χ0v) is 10.9. The lowest BCUT2D eigenvalue weighted by atomic mass is 10.1. The Bertz CT molecular complexity index is 324. The monoisotopic (exact) mass is 257 g/mol. The molecule has 1 unspecified atom stereocenters. The van der Waals surface area contributed by atoms with Crippen LogP contribution in [0.2, 0.25) is 5.02 Å². The number of aromatic hydroxyl groups is 1. The molecule has 0 aromatic heterocycles. The highest BCUT2D eigenvalue weighted by Crippen LogP contribution is 2.24. The summed E-state index contributed by atoms with van der Waals surface area (Å²) in [4.78, 5) is 0. The van der Waals surface area contributed by atoms with Crippen molar-refractivity contribution in [2.75, 3.05) is 13.2 Å². The van der Waals surface area contributed by atoms with E-state index in [4.69, 9.17) is 16.7 Å². The highest BCUT2D eigenvalue weighted by atomic mass is 35.5. The fourth-order valence-corrected chi connectivity index (χ4v) is 1.84. The largest absolute Gasteiger partial charge is 0.508 e. The minimum Gasteiger partial charge on any atom is -0.508 e. The molecule has 0 bridgehead atoms.